The van der Waals surface area contributed by atoms with E-state index in [0.29, 0.717) is 0 Å². The van der Waals surface area contributed by atoms with Gasteiger partial charge in [0, 0.05) is 22.5 Å². The highest BCUT2D eigenvalue weighted by atomic mass is 32.2. The van der Waals surface area contributed by atoms with Crippen LogP contribution in [0.4, 0.5) is 5.82 Å². The lowest BCUT2D eigenvalue weighted by Gasteiger charge is -2.18. The average molecular weight is 308 g/mol. The Bertz CT molecular complexity index is 466. The molecule has 0 spiro atoms. The molecule has 1 aromatic heterocycles. The maximum Gasteiger partial charge on any atom is 0.140 e. The van der Waals surface area contributed by atoms with Gasteiger partial charge in [-0.05, 0) is 32.1 Å². The summed E-state index contributed by atoms with van der Waals surface area (Å²) in [6.45, 7) is 9.94. The van der Waals surface area contributed by atoms with Gasteiger partial charge in [0.1, 0.15) is 11.6 Å². The lowest BCUT2D eigenvalue weighted by molar-refractivity contribution is 0.708. The summed E-state index contributed by atoms with van der Waals surface area (Å²) in [7, 11) is 0. The summed E-state index contributed by atoms with van der Waals surface area (Å²) >= 11 is 1.92. The van der Waals surface area contributed by atoms with Crippen LogP contribution in [0.3, 0.4) is 0 Å². The minimum absolute atomic E-state index is 0.257. The number of nitrogens with one attached hydrogen (secondary N) is 1. The van der Waals surface area contributed by atoms with E-state index < -0.39 is 0 Å². The fourth-order valence-electron chi connectivity index (χ4n) is 2.56. The van der Waals surface area contributed by atoms with Gasteiger partial charge in [-0.2, -0.15) is 0 Å². The second kappa shape index (κ2) is 7.48. The van der Waals surface area contributed by atoms with Crippen LogP contribution in [0.5, 0.6) is 0 Å². The number of anilines is 1. The third kappa shape index (κ3) is 5.17. The summed E-state index contributed by atoms with van der Waals surface area (Å²) in [4.78, 5) is 9.70. The van der Waals surface area contributed by atoms with Crippen molar-refractivity contribution in [3.63, 3.8) is 0 Å². The van der Waals surface area contributed by atoms with Gasteiger partial charge < -0.3 is 5.32 Å². The van der Waals surface area contributed by atoms with Gasteiger partial charge in [0.25, 0.3) is 0 Å². The maximum atomic E-state index is 4.87. The first kappa shape index (κ1) is 16.6. The van der Waals surface area contributed by atoms with Crippen LogP contribution in [0.2, 0.25) is 0 Å². The number of fused-ring (bicyclic) bond motifs is 1. The SMILES string of the molecule is CCCNc1nc(CSC(C)(C)C)nc2c1CCCCC2. The molecule has 0 fully saturated rings. The Morgan fingerprint density at radius 1 is 1.10 bits per heavy atom. The largest absolute Gasteiger partial charge is 0.370 e. The first-order valence-corrected chi connectivity index (χ1v) is 9.24. The predicted octanol–water partition coefficient (Wildman–Crippen LogP) is 4.60. The van der Waals surface area contributed by atoms with Crippen molar-refractivity contribution in [2.75, 3.05) is 11.9 Å². The molecule has 1 aliphatic rings. The van der Waals surface area contributed by atoms with Crippen molar-refractivity contribution in [1.29, 1.82) is 0 Å². The number of nitrogens with zero attached hydrogens (tertiary/aromatic N) is 2. The summed E-state index contributed by atoms with van der Waals surface area (Å²) in [5, 5.41) is 3.53. The molecule has 0 aromatic carbocycles. The van der Waals surface area contributed by atoms with Crippen LogP contribution in [0.25, 0.3) is 0 Å². The van der Waals surface area contributed by atoms with E-state index >= 15 is 0 Å². The highest BCUT2D eigenvalue weighted by Crippen LogP contribution is 2.29. The van der Waals surface area contributed by atoms with Gasteiger partial charge in [-0.3, -0.25) is 0 Å². The quantitative estimate of drug-likeness (QED) is 0.807. The zero-order chi connectivity index (χ0) is 15.3. The fourth-order valence-corrected chi connectivity index (χ4v) is 3.25. The minimum atomic E-state index is 0.257. The molecule has 4 heteroatoms. The summed E-state index contributed by atoms with van der Waals surface area (Å²) in [5.41, 5.74) is 2.68. The van der Waals surface area contributed by atoms with Gasteiger partial charge in [0.15, 0.2) is 0 Å². The molecule has 1 aliphatic carbocycles. The van der Waals surface area contributed by atoms with Crippen molar-refractivity contribution in [3.05, 3.63) is 17.1 Å². The number of rotatable bonds is 5. The lowest BCUT2D eigenvalue weighted by Crippen LogP contribution is -2.13. The Labute approximate surface area is 133 Å². The molecule has 1 aromatic rings. The average Bonchev–Trinajstić information content (AvgIpc) is 2.67. The summed E-state index contributed by atoms with van der Waals surface area (Å²) in [6.07, 6.45) is 7.23. The summed E-state index contributed by atoms with van der Waals surface area (Å²) in [5.74, 6) is 3.00. The van der Waals surface area contributed by atoms with Crippen LogP contribution in [0.15, 0.2) is 0 Å². The van der Waals surface area contributed by atoms with Crippen molar-refractivity contribution >= 4 is 17.6 Å². The van der Waals surface area contributed by atoms with Gasteiger partial charge in [0.2, 0.25) is 0 Å². The molecule has 1 N–H and O–H groups in total. The van der Waals surface area contributed by atoms with Gasteiger partial charge in [-0.15, -0.1) is 11.8 Å². The standard InChI is InChI=1S/C17H29N3S/c1-5-11-18-16-13-9-7-6-8-10-14(13)19-15(20-16)12-21-17(2,3)4/h5-12H2,1-4H3,(H,18,19,20). The molecule has 0 unspecified atom stereocenters. The smallest absolute Gasteiger partial charge is 0.140 e. The highest BCUT2D eigenvalue weighted by Gasteiger charge is 2.18. The van der Waals surface area contributed by atoms with Crippen molar-refractivity contribution in [3.8, 4) is 0 Å². The molecule has 0 saturated carbocycles. The Morgan fingerprint density at radius 3 is 2.57 bits per heavy atom. The van der Waals surface area contributed by atoms with Crippen molar-refractivity contribution in [2.45, 2.75) is 76.7 Å². The molecule has 0 bridgehead atoms. The first-order valence-electron chi connectivity index (χ1n) is 8.26. The minimum Gasteiger partial charge on any atom is -0.370 e. The second-order valence-electron chi connectivity index (χ2n) is 6.80. The van der Waals surface area contributed by atoms with Crippen LogP contribution in [0.1, 0.15) is 70.5 Å². The van der Waals surface area contributed by atoms with Gasteiger partial charge >= 0.3 is 0 Å². The maximum absolute atomic E-state index is 4.87. The van der Waals surface area contributed by atoms with Gasteiger partial charge in [-0.25, -0.2) is 9.97 Å². The molecule has 3 nitrogen and oxygen atoms in total. The molecule has 0 aliphatic heterocycles. The third-order valence-corrected chi connectivity index (χ3v) is 4.92. The van der Waals surface area contributed by atoms with Crippen LogP contribution in [-0.4, -0.2) is 21.3 Å². The zero-order valence-electron chi connectivity index (χ0n) is 14.0. The number of thioether (sulfide) groups is 1. The molecule has 0 amide bonds. The monoisotopic (exact) mass is 307 g/mol. The predicted molar refractivity (Wildman–Crippen MR) is 93.1 cm³/mol. The highest BCUT2D eigenvalue weighted by molar-refractivity contribution is 7.99. The summed E-state index contributed by atoms with van der Waals surface area (Å²) in [6, 6.07) is 0. The number of hydrogen-bond donors (Lipinski definition) is 1. The molecule has 118 valence electrons. The van der Waals surface area contributed by atoms with E-state index in [1.807, 2.05) is 11.8 Å². The molecule has 0 atom stereocenters. The normalized spacial score (nSPS) is 15.4. The molecule has 0 radical (unpaired) electrons. The third-order valence-electron chi connectivity index (χ3n) is 3.66. The van der Waals surface area contributed by atoms with Crippen molar-refractivity contribution in [2.24, 2.45) is 0 Å². The Morgan fingerprint density at radius 2 is 1.86 bits per heavy atom. The van der Waals surface area contributed by atoms with Crippen LogP contribution in [0, 0.1) is 0 Å². The molecular weight excluding hydrogens is 278 g/mol. The molecule has 1 heterocycles. The number of hydrogen-bond acceptors (Lipinski definition) is 4. The van der Waals surface area contributed by atoms with Crippen LogP contribution in [-0.2, 0) is 18.6 Å². The van der Waals surface area contributed by atoms with E-state index in [1.165, 1.54) is 30.5 Å². The van der Waals surface area contributed by atoms with E-state index in [4.69, 9.17) is 9.97 Å². The van der Waals surface area contributed by atoms with Gasteiger partial charge in [0.05, 0.1) is 5.75 Å². The van der Waals surface area contributed by atoms with Crippen molar-refractivity contribution in [1.82, 2.24) is 9.97 Å². The molecule has 2 rings (SSSR count). The van der Waals surface area contributed by atoms with E-state index in [-0.39, 0.29) is 4.75 Å². The molecular formula is C17H29N3S. The Hall–Kier alpha value is -0.770. The van der Waals surface area contributed by atoms with Gasteiger partial charge in [-0.1, -0.05) is 34.1 Å². The molecule has 21 heavy (non-hydrogen) atoms. The first-order chi connectivity index (χ1) is 9.99. The van der Waals surface area contributed by atoms with E-state index in [1.54, 1.807) is 0 Å². The molecule has 0 saturated heterocycles. The van der Waals surface area contributed by atoms with E-state index in [9.17, 15) is 0 Å². The zero-order valence-corrected chi connectivity index (χ0v) is 14.8. The second-order valence-corrected chi connectivity index (χ2v) is 8.60. The summed E-state index contributed by atoms with van der Waals surface area (Å²) < 4.78 is 0.257. The number of aryl methyl sites for hydroxylation is 1. The van der Waals surface area contributed by atoms with Crippen LogP contribution >= 0.6 is 11.8 Å². The Kier molecular flexibility index (Phi) is 5.91. The Balaban J connectivity index is 2.23. The van der Waals surface area contributed by atoms with E-state index in [2.05, 4.69) is 33.0 Å². The van der Waals surface area contributed by atoms with Crippen LogP contribution < -0.4 is 5.32 Å². The topological polar surface area (TPSA) is 37.8 Å². The lowest BCUT2D eigenvalue weighted by atomic mass is 10.1. The fraction of sp³-hybridized carbons (Fsp3) is 0.765. The number of aromatic nitrogens is 2. The van der Waals surface area contributed by atoms with Crippen molar-refractivity contribution < 1.29 is 0 Å². The van der Waals surface area contributed by atoms with E-state index in [0.717, 1.165) is 43.2 Å².